The van der Waals surface area contributed by atoms with Crippen molar-refractivity contribution in [1.29, 1.82) is 0 Å². The zero-order valence-corrected chi connectivity index (χ0v) is 19.7. The number of hydrogen-bond donors (Lipinski definition) is 2. The Kier molecular flexibility index (Phi) is 7.36. The summed E-state index contributed by atoms with van der Waals surface area (Å²) in [6.45, 7) is 5.36. The van der Waals surface area contributed by atoms with Crippen LogP contribution >= 0.6 is 11.6 Å². The number of carbonyl (C=O) groups excluding carboxylic acids is 1. The predicted molar refractivity (Wildman–Crippen MR) is 135 cm³/mol. The number of fused-ring (bicyclic) bond motifs is 1. The number of amides is 1. The number of ether oxygens (including phenoxy) is 1. The molecule has 0 fully saturated rings. The Bertz CT molecular complexity index is 1200. The predicted octanol–water partition coefficient (Wildman–Crippen LogP) is 6.69. The Hall–Kier alpha value is -3.24. The third-order valence-corrected chi connectivity index (χ3v) is 5.91. The molecule has 0 spiro atoms. The van der Waals surface area contributed by atoms with Gasteiger partial charge < -0.3 is 15.0 Å². The van der Waals surface area contributed by atoms with Crippen molar-refractivity contribution in [1.82, 2.24) is 10.3 Å². The molecule has 0 aliphatic carbocycles. The lowest BCUT2D eigenvalue weighted by Crippen LogP contribution is -2.28. The third-order valence-electron chi connectivity index (χ3n) is 5.68. The topological polar surface area (TPSA) is 54.1 Å². The molecule has 1 unspecified atom stereocenters. The largest absolute Gasteiger partial charge is 0.489 e. The molecule has 1 heterocycles. The van der Waals surface area contributed by atoms with Crippen LogP contribution in [0, 0.1) is 5.92 Å². The molecule has 0 saturated carbocycles. The van der Waals surface area contributed by atoms with E-state index in [4.69, 9.17) is 16.3 Å². The first-order valence-electron chi connectivity index (χ1n) is 11.3. The molecule has 0 aliphatic rings. The Balaban J connectivity index is 1.58. The maximum Gasteiger partial charge on any atom is 0.220 e. The summed E-state index contributed by atoms with van der Waals surface area (Å²) in [5.41, 5.74) is 4.24. The summed E-state index contributed by atoms with van der Waals surface area (Å²) in [6.07, 6.45) is 2.34. The SMILES string of the molecule is CC(C)CNC(=O)CC(c1ccc(OCc2ccccc2)cc1)c1c[nH]c2ccc(Cl)cc12. The summed E-state index contributed by atoms with van der Waals surface area (Å²) in [6, 6.07) is 23.9. The monoisotopic (exact) mass is 460 g/mol. The van der Waals surface area contributed by atoms with Gasteiger partial charge in [0.2, 0.25) is 5.91 Å². The zero-order chi connectivity index (χ0) is 23.2. The molecule has 5 heteroatoms. The van der Waals surface area contributed by atoms with E-state index in [-0.39, 0.29) is 11.8 Å². The van der Waals surface area contributed by atoms with Crippen molar-refractivity contribution >= 4 is 28.4 Å². The van der Waals surface area contributed by atoms with E-state index in [9.17, 15) is 4.79 Å². The third kappa shape index (κ3) is 5.96. The summed E-state index contributed by atoms with van der Waals surface area (Å²) in [5.74, 6) is 1.13. The molecule has 4 aromatic rings. The van der Waals surface area contributed by atoms with Gasteiger partial charge in [-0.15, -0.1) is 0 Å². The highest BCUT2D eigenvalue weighted by Crippen LogP contribution is 2.35. The number of rotatable bonds is 9. The van der Waals surface area contributed by atoms with Gasteiger partial charge in [-0.25, -0.2) is 0 Å². The summed E-state index contributed by atoms with van der Waals surface area (Å²) < 4.78 is 5.95. The summed E-state index contributed by atoms with van der Waals surface area (Å²) in [5, 5.41) is 4.77. The normalized spacial score (nSPS) is 12.1. The highest BCUT2D eigenvalue weighted by molar-refractivity contribution is 6.31. The number of nitrogens with one attached hydrogen (secondary N) is 2. The van der Waals surface area contributed by atoms with E-state index in [2.05, 4.69) is 24.1 Å². The fourth-order valence-electron chi connectivity index (χ4n) is 3.92. The van der Waals surface area contributed by atoms with E-state index in [0.29, 0.717) is 30.5 Å². The second-order valence-corrected chi connectivity index (χ2v) is 9.17. The molecule has 2 N–H and O–H groups in total. The van der Waals surface area contributed by atoms with Crippen molar-refractivity contribution in [3.63, 3.8) is 0 Å². The summed E-state index contributed by atoms with van der Waals surface area (Å²) in [7, 11) is 0. The average molecular weight is 461 g/mol. The molecule has 0 radical (unpaired) electrons. The number of aromatic nitrogens is 1. The lowest BCUT2D eigenvalue weighted by atomic mass is 9.88. The van der Waals surface area contributed by atoms with Crippen LogP contribution in [0.5, 0.6) is 5.75 Å². The Morgan fingerprint density at radius 1 is 1.03 bits per heavy atom. The van der Waals surface area contributed by atoms with Gasteiger partial charge in [-0.05, 0) is 52.9 Å². The fourth-order valence-corrected chi connectivity index (χ4v) is 4.09. The highest BCUT2D eigenvalue weighted by Gasteiger charge is 2.22. The van der Waals surface area contributed by atoms with Gasteiger partial charge in [-0.1, -0.05) is 67.9 Å². The van der Waals surface area contributed by atoms with Gasteiger partial charge in [0.25, 0.3) is 0 Å². The molecule has 170 valence electrons. The van der Waals surface area contributed by atoms with E-state index in [1.165, 1.54) is 0 Å². The fraction of sp³-hybridized carbons (Fsp3) is 0.250. The molecule has 33 heavy (non-hydrogen) atoms. The van der Waals surface area contributed by atoms with Crippen LogP contribution in [-0.2, 0) is 11.4 Å². The van der Waals surface area contributed by atoms with E-state index in [0.717, 1.165) is 33.3 Å². The van der Waals surface area contributed by atoms with Gasteiger partial charge in [-0.2, -0.15) is 0 Å². The minimum absolute atomic E-state index is 0.0366. The van der Waals surface area contributed by atoms with Gasteiger partial charge in [0.05, 0.1) is 0 Å². The van der Waals surface area contributed by atoms with Crippen molar-refractivity contribution < 1.29 is 9.53 Å². The van der Waals surface area contributed by atoms with Crippen LogP contribution in [0.3, 0.4) is 0 Å². The van der Waals surface area contributed by atoms with Gasteiger partial charge >= 0.3 is 0 Å². The van der Waals surface area contributed by atoms with Crippen LogP contribution < -0.4 is 10.1 Å². The average Bonchev–Trinajstić information content (AvgIpc) is 3.24. The lowest BCUT2D eigenvalue weighted by molar-refractivity contribution is -0.121. The molecule has 1 amide bonds. The van der Waals surface area contributed by atoms with Crippen LogP contribution in [-0.4, -0.2) is 17.4 Å². The molecule has 3 aromatic carbocycles. The van der Waals surface area contributed by atoms with E-state index in [1.807, 2.05) is 79.0 Å². The van der Waals surface area contributed by atoms with Crippen LogP contribution in [0.1, 0.15) is 42.9 Å². The standard InChI is InChI=1S/C28H29ClN2O2/c1-19(2)16-31-28(32)15-24(26-17-30-27-13-10-22(29)14-25(26)27)21-8-11-23(12-9-21)33-18-20-6-4-3-5-7-20/h3-14,17,19,24,30H,15-16,18H2,1-2H3,(H,31,32). The summed E-state index contributed by atoms with van der Waals surface area (Å²) >= 11 is 6.28. The second kappa shape index (κ2) is 10.6. The maximum atomic E-state index is 12.8. The van der Waals surface area contributed by atoms with Crippen molar-refractivity contribution in [2.75, 3.05) is 6.54 Å². The van der Waals surface area contributed by atoms with E-state index >= 15 is 0 Å². The minimum atomic E-state index is -0.104. The number of hydrogen-bond acceptors (Lipinski definition) is 2. The molecular formula is C28H29ClN2O2. The maximum absolute atomic E-state index is 12.8. The van der Waals surface area contributed by atoms with Crippen LogP contribution in [0.15, 0.2) is 79.0 Å². The first-order chi connectivity index (χ1) is 16.0. The number of benzene rings is 3. The Labute approximate surface area is 199 Å². The smallest absolute Gasteiger partial charge is 0.220 e. The van der Waals surface area contributed by atoms with Crippen molar-refractivity contribution in [3.8, 4) is 5.75 Å². The Morgan fingerprint density at radius 3 is 2.52 bits per heavy atom. The van der Waals surface area contributed by atoms with Crippen LogP contribution in [0.25, 0.3) is 10.9 Å². The zero-order valence-electron chi connectivity index (χ0n) is 19.0. The van der Waals surface area contributed by atoms with Gasteiger partial charge in [0, 0.05) is 41.0 Å². The molecule has 1 aromatic heterocycles. The molecule has 1 atom stereocenters. The summed E-state index contributed by atoms with van der Waals surface area (Å²) in [4.78, 5) is 16.1. The first kappa shape index (κ1) is 22.9. The second-order valence-electron chi connectivity index (χ2n) is 8.73. The lowest BCUT2D eigenvalue weighted by Gasteiger charge is -2.18. The number of halogens is 1. The molecule has 4 nitrogen and oxygen atoms in total. The van der Waals surface area contributed by atoms with Gasteiger partial charge in [-0.3, -0.25) is 4.79 Å². The van der Waals surface area contributed by atoms with Crippen molar-refractivity contribution in [2.45, 2.75) is 32.8 Å². The quantitative estimate of drug-likeness (QED) is 0.292. The van der Waals surface area contributed by atoms with Gasteiger partial charge in [0.15, 0.2) is 0 Å². The number of H-pyrrole nitrogens is 1. The Morgan fingerprint density at radius 2 is 1.79 bits per heavy atom. The van der Waals surface area contributed by atoms with Gasteiger partial charge in [0.1, 0.15) is 12.4 Å². The van der Waals surface area contributed by atoms with Crippen LogP contribution in [0.4, 0.5) is 0 Å². The molecule has 0 saturated heterocycles. The van der Waals surface area contributed by atoms with Crippen molar-refractivity contribution in [3.05, 3.63) is 101 Å². The number of aromatic amines is 1. The van der Waals surface area contributed by atoms with Crippen molar-refractivity contribution in [2.24, 2.45) is 5.92 Å². The van der Waals surface area contributed by atoms with E-state index < -0.39 is 0 Å². The number of carbonyl (C=O) groups is 1. The minimum Gasteiger partial charge on any atom is -0.489 e. The molecular weight excluding hydrogens is 432 g/mol. The first-order valence-corrected chi connectivity index (χ1v) is 11.7. The molecule has 4 rings (SSSR count). The van der Waals surface area contributed by atoms with E-state index in [1.54, 1.807) is 0 Å². The van der Waals surface area contributed by atoms with Crippen LogP contribution in [0.2, 0.25) is 5.02 Å². The molecule has 0 bridgehead atoms. The molecule has 0 aliphatic heterocycles. The highest BCUT2D eigenvalue weighted by atomic mass is 35.5.